The van der Waals surface area contributed by atoms with Crippen molar-refractivity contribution in [3.8, 4) is 11.8 Å². The molecule has 1 aromatic carbocycles. The fourth-order valence-corrected chi connectivity index (χ4v) is 1.76. The summed E-state index contributed by atoms with van der Waals surface area (Å²) in [6.07, 6.45) is 1.91. The molecular formula is C13H12N2. The Morgan fingerprint density at radius 3 is 2.67 bits per heavy atom. The molecule has 74 valence electrons. The maximum absolute atomic E-state index is 8.94. The molecule has 0 unspecified atom stereocenters. The highest BCUT2D eigenvalue weighted by Crippen LogP contribution is 2.17. The number of nitriles is 1. The van der Waals surface area contributed by atoms with Crippen molar-refractivity contribution >= 4 is 0 Å². The Morgan fingerprint density at radius 1 is 1.20 bits per heavy atom. The molecule has 2 rings (SSSR count). The van der Waals surface area contributed by atoms with Gasteiger partial charge in [0.15, 0.2) is 0 Å². The number of aryl methyl sites for hydroxylation is 2. The molecule has 0 atom stereocenters. The largest absolute Gasteiger partial charge is 0.308 e. The van der Waals surface area contributed by atoms with Gasteiger partial charge in [-0.1, -0.05) is 17.7 Å². The molecule has 0 aliphatic heterocycles. The van der Waals surface area contributed by atoms with E-state index in [0.717, 1.165) is 5.69 Å². The van der Waals surface area contributed by atoms with Crippen molar-refractivity contribution in [3.05, 3.63) is 53.3 Å². The maximum Gasteiger partial charge on any atom is 0.124 e. The normalized spacial score (nSPS) is 9.93. The maximum atomic E-state index is 8.94. The van der Waals surface area contributed by atoms with E-state index in [2.05, 4.69) is 32.0 Å². The van der Waals surface area contributed by atoms with E-state index in [4.69, 9.17) is 5.26 Å². The van der Waals surface area contributed by atoms with E-state index in [9.17, 15) is 0 Å². The lowest BCUT2D eigenvalue weighted by molar-refractivity contribution is 1.03. The van der Waals surface area contributed by atoms with Crippen LogP contribution in [-0.4, -0.2) is 4.57 Å². The van der Waals surface area contributed by atoms with E-state index in [1.54, 1.807) is 0 Å². The molecule has 1 heterocycles. The first-order valence-electron chi connectivity index (χ1n) is 4.87. The standard InChI is InChI=1S/C13H12N2/c1-10-5-6-13(11(2)8-10)15-7-3-4-12(15)9-14/h3-8H,1-2H3. The molecule has 2 heteroatoms. The van der Waals surface area contributed by atoms with Crippen LogP contribution in [0.25, 0.3) is 5.69 Å². The van der Waals surface area contributed by atoms with E-state index < -0.39 is 0 Å². The Bertz CT molecular complexity index is 530. The minimum absolute atomic E-state index is 0.668. The summed E-state index contributed by atoms with van der Waals surface area (Å²) in [5.74, 6) is 0. The molecule has 0 saturated heterocycles. The monoisotopic (exact) mass is 196 g/mol. The average Bonchev–Trinajstić information content (AvgIpc) is 2.65. The van der Waals surface area contributed by atoms with Crippen molar-refractivity contribution in [2.24, 2.45) is 0 Å². The van der Waals surface area contributed by atoms with E-state index >= 15 is 0 Å². The van der Waals surface area contributed by atoms with E-state index in [0.29, 0.717) is 5.69 Å². The van der Waals surface area contributed by atoms with Crippen LogP contribution in [0.3, 0.4) is 0 Å². The van der Waals surface area contributed by atoms with E-state index in [-0.39, 0.29) is 0 Å². The molecule has 0 saturated carbocycles. The van der Waals surface area contributed by atoms with Crippen LogP contribution in [0.4, 0.5) is 0 Å². The van der Waals surface area contributed by atoms with Crippen molar-refractivity contribution < 1.29 is 0 Å². The number of nitrogens with zero attached hydrogens (tertiary/aromatic N) is 2. The molecule has 2 nitrogen and oxygen atoms in total. The zero-order valence-corrected chi connectivity index (χ0v) is 8.86. The third-order valence-corrected chi connectivity index (χ3v) is 2.48. The highest BCUT2D eigenvalue weighted by molar-refractivity contribution is 5.46. The number of hydrogen-bond acceptors (Lipinski definition) is 1. The summed E-state index contributed by atoms with van der Waals surface area (Å²) in [5.41, 5.74) is 4.16. The van der Waals surface area contributed by atoms with Gasteiger partial charge in [-0.2, -0.15) is 5.26 Å². The van der Waals surface area contributed by atoms with Gasteiger partial charge in [0, 0.05) is 11.9 Å². The van der Waals surface area contributed by atoms with Gasteiger partial charge >= 0.3 is 0 Å². The first-order valence-corrected chi connectivity index (χ1v) is 4.87. The molecule has 0 N–H and O–H groups in total. The number of rotatable bonds is 1. The van der Waals surface area contributed by atoms with Gasteiger partial charge in [0.1, 0.15) is 11.8 Å². The fourth-order valence-electron chi connectivity index (χ4n) is 1.76. The summed E-state index contributed by atoms with van der Waals surface area (Å²) in [6, 6.07) is 12.1. The second-order valence-electron chi connectivity index (χ2n) is 3.67. The number of aromatic nitrogens is 1. The van der Waals surface area contributed by atoms with Gasteiger partial charge in [-0.05, 0) is 37.6 Å². The van der Waals surface area contributed by atoms with Crippen LogP contribution in [0.1, 0.15) is 16.8 Å². The van der Waals surface area contributed by atoms with Crippen LogP contribution in [0, 0.1) is 25.2 Å². The van der Waals surface area contributed by atoms with E-state index in [1.807, 2.05) is 29.0 Å². The number of hydrogen-bond donors (Lipinski definition) is 0. The molecule has 2 aromatic rings. The Labute approximate surface area is 89.4 Å². The SMILES string of the molecule is Cc1ccc(-n2cccc2C#N)c(C)c1. The van der Waals surface area contributed by atoms with Gasteiger partial charge in [0.25, 0.3) is 0 Å². The summed E-state index contributed by atoms with van der Waals surface area (Å²) >= 11 is 0. The molecular weight excluding hydrogens is 184 g/mol. The predicted molar refractivity (Wildman–Crippen MR) is 60.0 cm³/mol. The summed E-state index contributed by atoms with van der Waals surface area (Å²) in [5, 5.41) is 8.94. The van der Waals surface area contributed by atoms with Crippen molar-refractivity contribution in [2.75, 3.05) is 0 Å². The topological polar surface area (TPSA) is 28.7 Å². The first kappa shape index (κ1) is 9.54. The Morgan fingerprint density at radius 2 is 2.00 bits per heavy atom. The van der Waals surface area contributed by atoms with Gasteiger partial charge in [-0.15, -0.1) is 0 Å². The smallest absolute Gasteiger partial charge is 0.124 e. The van der Waals surface area contributed by atoms with Crippen LogP contribution in [-0.2, 0) is 0 Å². The van der Waals surface area contributed by atoms with Crippen LogP contribution in [0.15, 0.2) is 36.5 Å². The van der Waals surface area contributed by atoms with Gasteiger partial charge in [0.2, 0.25) is 0 Å². The molecule has 0 fully saturated rings. The molecule has 0 bridgehead atoms. The van der Waals surface area contributed by atoms with Gasteiger partial charge in [0.05, 0.1) is 0 Å². The minimum atomic E-state index is 0.668. The summed E-state index contributed by atoms with van der Waals surface area (Å²) in [6.45, 7) is 4.13. The van der Waals surface area contributed by atoms with Gasteiger partial charge < -0.3 is 4.57 Å². The Balaban J connectivity index is 2.60. The third kappa shape index (κ3) is 1.64. The zero-order valence-electron chi connectivity index (χ0n) is 8.86. The summed E-state index contributed by atoms with van der Waals surface area (Å²) < 4.78 is 1.91. The highest BCUT2D eigenvalue weighted by atomic mass is 15.0. The molecule has 0 spiro atoms. The van der Waals surface area contributed by atoms with Crippen LogP contribution >= 0.6 is 0 Å². The lowest BCUT2D eigenvalue weighted by atomic mass is 10.1. The van der Waals surface area contributed by atoms with Crippen LogP contribution < -0.4 is 0 Å². The van der Waals surface area contributed by atoms with Crippen molar-refractivity contribution in [1.29, 1.82) is 5.26 Å². The van der Waals surface area contributed by atoms with Crippen LogP contribution in [0.5, 0.6) is 0 Å². The quantitative estimate of drug-likeness (QED) is 0.689. The highest BCUT2D eigenvalue weighted by Gasteiger charge is 2.04. The van der Waals surface area contributed by atoms with Crippen molar-refractivity contribution in [3.63, 3.8) is 0 Å². The molecule has 1 aromatic heterocycles. The molecule has 15 heavy (non-hydrogen) atoms. The molecule has 0 amide bonds. The fraction of sp³-hybridized carbons (Fsp3) is 0.154. The van der Waals surface area contributed by atoms with Gasteiger partial charge in [-0.25, -0.2) is 0 Å². The van der Waals surface area contributed by atoms with Gasteiger partial charge in [-0.3, -0.25) is 0 Å². The predicted octanol–water partition coefficient (Wildman–Crippen LogP) is 2.97. The summed E-state index contributed by atoms with van der Waals surface area (Å²) in [4.78, 5) is 0. The van der Waals surface area contributed by atoms with E-state index in [1.165, 1.54) is 11.1 Å². The molecule has 0 aliphatic carbocycles. The minimum Gasteiger partial charge on any atom is -0.308 e. The second kappa shape index (κ2) is 3.62. The average molecular weight is 196 g/mol. The number of benzene rings is 1. The lowest BCUT2D eigenvalue weighted by Crippen LogP contribution is -1.98. The first-order chi connectivity index (χ1) is 7.22. The van der Waals surface area contributed by atoms with Crippen molar-refractivity contribution in [1.82, 2.24) is 4.57 Å². The van der Waals surface area contributed by atoms with Crippen LogP contribution in [0.2, 0.25) is 0 Å². The molecule has 0 aliphatic rings. The van der Waals surface area contributed by atoms with Crippen molar-refractivity contribution in [2.45, 2.75) is 13.8 Å². The lowest BCUT2D eigenvalue weighted by Gasteiger charge is -2.09. The Hall–Kier alpha value is -2.01. The summed E-state index contributed by atoms with van der Waals surface area (Å²) in [7, 11) is 0. The second-order valence-corrected chi connectivity index (χ2v) is 3.67. The Kier molecular flexibility index (Phi) is 2.31. The zero-order chi connectivity index (χ0) is 10.8. The third-order valence-electron chi connectivity index (χ3n) is 2.48. The molecule has 0 radical (unpaired) electrons.